The highest BCUT2D eigenvalue weighted by molar-refractivity contribution is 5.94. The van der Waals surface area contributed by atoms with Crippen LogP contribution in [0.2, 0.25) is 0 Å². The average molecular weight is 222 g/mol. The molecular weight excluding hydrogens is 204 g/mol. The molecule has 0 bridgehead atoms. The SMILES string of the molecule is CNc1ccc(C(=O)NCCOC)cc1C. The second-order valence-electron chi connectivity index (χ2n) is 3.53. The Hall–Kier alpha value is -1.55. The number of amides is 1. The molecule has 0 fully saturated rings. The molecule has 0 heterocycles. The third kappa shape index (κ3) is 3.24. The standard InChI is InChI=1S/C12H18N2O2/c1-9-8-10(4-5-11(9)13-2)12(15)14-6-7-16-3/h4-5,8,13H,6-7H2,1-3H3,(H,14,15). The molecule has 1 aromatic rings. The largest absolute Gasteiger partial charge is 0.388 e. The number of aryl methyl sites for hydroxylation is 1. The maximum absolute atomic E-state index is 11.7. The fourth-order valence-corrected chi connectivity index (χ4v) is 1.45. The lowest BCUT2D eigenvalue weighted by Gasteiger charge is -2.08. The topological polar surface area (TPSA) is 50.4 Å². The maximum atomic E-state index is 11.7. The van der Waals surface area contributed by atoms with Crippen LogP contribution in [-0.4, -0.2) is 33.2 Å². The number of ether oxygens (including phenoxy) is 1. The van der Waals surface area contributed by atoms with Gasteiger partial charge in [-0.3, -0.25) is 4.79 Å². The molecule has 0 spiro atoms. The number of carbonyl (C=O) groups is 1. The Morgan fingerprint density at radius 2 is 2.19 bits per heavy atom. The summed E-state index contributed by atoms with van der Waals surface area (Å²) < 4.78 is 4.86. The van der Waals surface area contributed by atoms with Crippen molar-refractivity contribution in [1.29, 1.82) is 0 Å². The first-order valence-corrected chi connectivity index (χ1v) is 5.24. The van der Waals surface area contributed by atoms with Crippen LogP contribution in [-0.2, 0) is 4.74 Å². The zero-order chi connectivity index (χ0) is 12.0. The van der Waals surface area contributed by atoms with Crippen molar-refractivity contribution in [2.45, 2.75) is 6.92 Å². The van der Waals surface area contributed by atoms with E-state index in [0.29, 0.717) is 18.7 Å². The van der Waals surface area contributed by atoms with E-state index in [1.807, 2.05) is 26.1 Å². The Balaban J connectivity index is 2.66. The number of rotatable bonds is 5. The molecule has 0 aliphatic rings. The van der Waals surface area contributed by atoms with Gasteiger partial charge in [0.05, 0.1) is 6.61 Å². The van der Waals surface area contributed by atoms with E-state index >= 15 is 0 Å². The molecule has 1 rings (SSSR count). The predicted molar refractivity (Wildman–Crippen MR) is 64.9 cm³/mol. The lowest BCUT2D eigenvalue weighted by Crippen LogP contribution is -2.26. The third-order valence-electron chi connectivity index (χ3n) is 2.35. The molecule has 0 radical (unpaired) electrons. The van der Waals surface area contributed by atoms with E-state index in [-0.39, 0.29) is 5.91 Å². The first-order chi connectivity index (χ1) is 7.69. The highest BCUT2D eigenvalue weighted by atomic mass is 16.5. The highest BCUT2D eigenvalue weighted by Gasteiger charge is 2.06. The van der Waals surface area contributed by atoms with Crippen LogP contribution in [0.1, 0.15) is 15.9 Å². The maximum Gasteiger partial charge on any atom is 0.251 e. The summed E-state index contributed by atoms with van der Waals surface area (Å²) in [6.07, 6.45) is 0. The monoisotopic (exact) mass is 222 g/mol. The van der Waals surface area contributed by atoms with Gasteiger partial charge < -0.3 is 15.4 Å². The van der Waals surface area contributed by atoms with E-state index in [1.165, 1.54) is 0 Å². The Morgan fingerprint density at radius 1 is 1.44 bits per heavy atom. The van der Waals surface area contributed by atoms with E-state index in [4.69, 9.17) is 4.74 Å². The highest BCUT2D eigenvalue weighted by Crippen LogP contribution is 2.15. The fraction of sp³-hybridized carbons (Fsp3) is 0.417. The molecule has 88 valence electrons. The van der Waals surface area contributed by atoms with E-state index < -0.39 is 0 Å². The van der Waals surface area contributed by atoms with Crippen molar-refractivity contribution in [2.24, 2.45) is 0 Å². The quantitative estimate of drug-likeness (QED) is 0.741. The Bertz CT molecular complexity index is 364. The number of carbonyl (C=O) groups excluding carboxylic acids is 1. The summed E-state index contributed by atoms with van der Waals surface area (Å²) in [7, 11) is 3.47. The lowest BCUT2D eigenvalue weighted by molar-refractivity contribution is 0.0937. The molecule has 2 N–H and O–H groups in total. The van der Waals surface area contributed by atoms with Crippen molar-refractivity contribution < 1.29 is 9.53 Å². The molecule has 1 aromatic carbocycles. The van der Waals surface area contributed by atoms with Crippen LogP contribution >= 0.6 is 0 Å². The third-order valence-corrected chi connectivity index (χ3v) is 2.35. The summed E-state index contributed by atoms with van der Waals surface area (Å²) in [6, 6.07) is 5.58. The molecule has 0 aliphatic heterocycles. The minimum Gasteiger partial charge on any atom is -0.388 e. The zero-order valence-corrected chi connectivity index (χ0v) is 9.96. The minimum atomic E-state index is -0.0668. The summed E-state index contributed by atoms with van der Waals surface area (Å²) in [5.74, 6) is -0.0668. The molecule has 0 aliphatic carbocycles. The van der Waals surface area contributed by atoms with Gasteiger partial charge in [0.15, 0.2) is 0 Å². The first-order valence-electron chi connectivity index (χ1n) is 5.24. The summed E-state index contributed by atoms with van der Waals surface area (Å²) in [5.41, 5.74) is 2.77. The van der Waals surface area contributed by atoms with Crippen LogP contribution in [0.15, 0.2) is 18.2 Å². The van der Waals surface area contributed by atoms with E-state index in [0.717, 1.165) is 11.3 Å². The Morgan fingerprint density at radius 3 is 2.75 bits per heavy atom. The van der Waals surface area contributed by atoms with Crippen LogP contribution in [0.3, 0.4) is 0 Å². The molecule has 0 saturated heterocycles. The first kappa shape index (κ1) is 12.5. The number of benzene rings is 1. The van der Waals surface area contributed by atoms with Crippen molar-refractivity contribution >= 4 is 11.6 Å². The molecule has 0 unspecified atom stereocenters. The second-order valence-corrected chi connectivity index (χ2v) is 3.53. The number of nitrogens with one attached hydrogen (secondary N) is 2. The van der Waals surface area contributed by atoms with Gasteiger partial charge in [-0.05, 0) is 30.7 Å². The number of methoxy groups -OCH3 is 1. The van der Waals surface area contributed by atoms with Gasteiger partial charge in [0.2, 0.25) is 0 Å². The van der Waals surface area contributed by atoms with Crippen molar-refractivity contribution in [3.63, 3.8) is 0 Å². The lowest BCUT2D eigenvalue weighted by atomic mass is 10.1. The van der Waals surface area contributed by atoms with Gasteiger partial charge in [-0.25, -0.2) is 0 Å². The van der Waals surface area contributed by atoms with Gasteiger partial charge >= 0.3 is 0 Å². The van der Waals surface area contributed by atoms with Crippen molar-refractivity contribution in [3.8, 4) is 0 Å². The summed E-state index contributed by atoms with van der Waals surface area (Å²) >= 11 is 0. The summed E-state index contributed by atoms with van der Waals surface area (Å²) in [6.45, 7) is 3.03. The molecule has 4 heteroatoms. The van der Waals surface area contributed by atoms with Crippen LogP contribution in [0.5, 0.6) is 0 Å². The van der Waals surface area contributed by atoms with Gasteiger partial charge in [-0.15, -0.1) is 0 Å². The van der Waals surface area contributed by atoms with Crippen LogP contribution in [0.25, 0.3) is 0 Å². The van der Waals surface area contributed by atoms with Crippen molar-refractivity contribution in [2.75, 3.05) is 32.6 Å². The molecule has 1 amide bonds. The summed E-state index contributed by atoms with van der Waals surface area (Å²) in [4.78, 5) is 11.7. The number of anilines is 1. The molecular formula is C12H18N2O2. The normalized spacial score (nSPS) is 9.94. The second kappa shape index (κ2) is 6.12. The van der Waals surface area contributed by atoms with Gasteiger partial charge in [0.25, 0.3) is 5.91 Å². The number of hydrogen-bond acceptors (Lipinski definition) is 3. The average Bonchev–Trinajstić information content (AvgIpc) is 2.29. The summed E-state index contributed by atoms with van der Waals surface area (Å²) in [5, 5.41) is 5.84. The van der Waals surface area contributed by atoms with Crippen molar-refractivity contribution in [3.05, 3.63) is 29.3 Å². The zero-order valence-electron chi connectivity index (χ0n) is 9.96. The molecule has 0 atom stereocenters. The minimum absolute atomic E-state index is 0.0668. The Kier molecular flexibility index (Phi) is 4.79. The number of hydrogen-bond donors (Lipinski definition) is 2. The van der Waals surface area contributed by atoms with Gasteiger partial charge in [0.1, 0.15) is 0 Å². The van der Waals surface area contributed by atoms with E-state index in [2.05, 4.69) is 10.6 Å². The molecule has 16 heavy (non-hydrogen) atoms. The van der Waals surface area contributed by atoms with Gasteiger partial charge in [-0.1, -0.05) is 0 Å². The van der Waals surface area contributed by atoms with Gasteiger partial charge in [-0.2, -0.15) is 0 Å². The Labute approximate surface area is 96.0 Å². The van der Waals surface area contributed by atoms with Crippen LogP contribution in [0.4, 0.5) is 5.69 Å². The predicted octanol–water partition coefficient (Wildman–Crippen LogP) is 1.41. The van der Waals surface area contributed by atoms with Crippen LogP contribution < -0.4 is 10.6 Å². The van der Waals surface area contributed by atoms with E-state index in [1.54, 1.807) is 13.2 Å². The fourth-order valence-electron chi connectivity index (χ4n) is 1.45. The molecule has 4 nitrogen and oxygen atoms in total. The molecule has 0 aromatic heterocycles. The van der Waals surface area contributed by atoms with Gasteiger partial charge in [0, 0.05) is 32.0 Å². The van der Waals surface area contributed by atoms with Crippen LogP contribution in [0, 0.1) is 6.92 Å². The smallest absolute Gasteiger partial charge is 0.251 e. The van der Waals surface area contributed by atoms with E-state index in [9.17, 15) is 4.79 Å². The van der Waals surface area contributed by atoms with Crippen molar-refractivity contribution in [1.82, 2.24) is 5.32 Å². The molecule has 0 saturated carbocycles.